The minimum atomic E-state index is 0.267. The summed E-state index contributed by atoms with van der Waals surface area (Å²) in [5.41, 5.74) is 2.24. The van der Waals surface area contributed by atoms with Gasteiger partial charge in [-0.25, -0.2) is 9.97 Å². The van der Waals surface area contributed by atoms with Crippen LogP contribution in [-0.4, -0.2) is 34.6 Å². The van der Waals surface area contributed by atoms with Gasteiger partial charge in [-0.1, -0.05) is 0 Å². The van der Waals surface area contributed by atoms with Crippen LogP contribution >= 0.6 is 22.7 Å². The van der Waals surface area contributed by atoms with Gasteiger partial charge in [-0.2, -0.15) is 0 Å². The molecule has 2 aromatic rings. The van der Waals surface area contributed by atoms with Crippen LogP contribution in [-0.2, 0) is 11.3 Å². The lowest BCUT2D eigenvalue weighted by molar-refractivity contribution is -0.0141. The number of hydrogen-bond acceptors (Lipinski definition) is 6. The number of rotatable bonds is 3. The number of nitrogens with zero attached hydrogens (tertiary/aromatic N) is 3. The number of thiazole rings is 2. The van der Waals surface area contributed by atoms with E-state index in [1.54, 1.807) is 22.7 Å². The molecule has 3 heterocycles. The van der Waals surface area contributed by atoms with Gasteiger partial charge in [0.15, 0.2) is 0 Å². The SMILES string of the molecule is Cc1csc(CN2CCOC[C@@H]2c2csc(C)n2)n1. The molecule has 1 saturated heterocycles. The molecule has 2 aromatic heterocycles. The molecule has 19 heavy (non-hydrogen) atoms. The van der Waals surface area contributed by atoms with Crippen LogP contribution in [0.25, 0.3) is 0 Å². The van der Waals surface area contributed by atoms with Gasteiger partial charge in [-0.15, -0.1) is 22.7 Å². The zero-order chi connectivity index (χ0) is 13.2. The number of aryl methyl sites for hydroxylation is 2. The number of ether oxygens (including phenoxy) is 1. The van der Waals surface area contributed by atoms with Crippen LogP contribution in [0.3, 0.4) is 0 Å². The Bertz CT molecular complexity index is 552. The molecule has 0 unspecified atom stereocenters. The quantitative estimate of drug-likeness (QED) is 0.873. The standard InChI is InChI=1S/C13H17N3OS2/c1-9-7-19-13(14-9)5-16-3-4-17-6-12(16)11-8-18-10(2)15-11/h7-8,12H,3-6H2,1-2H3/t12-/m1/s1. The van der Waals surface area contributed by atoms with E-state index >= 15 is 0 Å². The molecule has 0 aromatic carbocycles. The van der Waals surface area contributed by atoms with Crippen molar-refractivity contribution in [2.75, 3.05) is 19.8 Å². The molecule has 1 aliphatic heterocycles. The molecule has 1 aliphatic rings. The predicted octanol–water partition coefficient (Wildman–Crippen LogP) is 2.79. The van der Waals surface area contributed by atoms with Crippen molar-refractivity contribution in [3.05, 3.63) is 32.2 Å². The molecule has 102 valence electrons. The van der Waals surface area contributed by atoms with Crippen molar-refractivity contribution in [1.82, 2.24) is 14.9 Å². The van der Waals surface area contributed by atoms with Gasteiger partial charge in [-0.3, -0.25) is 4.90 Å². The topological polar surface area (TPSA) is 38.2 Å². The molecule has 0 radical (unpaired) electrons. The van der Waals surface area contributed by atoms with Crippen LogP contribution in [0.15, 0.2) is 10.8 Å². The zero-order valence-electron chi connectivity index (χ0n) is 11.1. The van der Waals surface area contributed by atoms with Crippen molar-refractivity contribution in [1.29, 1.82) is 0 Å². The maximum atomic E-state index is 5.62. The molecular formula is C13H17N3OS2. The monoisotopic (exact) mass is 295 g/mol. The largest absolute Gasteiger partial charge is 0.378 e. The van der Waals surface area contributed by atoms with Crippen molar-refractivity contribution in [2.24, 2.45) is 0 Å². The molecule has 0 saturated carbocycles. The Morgan fingerprint density at radius 3 is 2.89 bits per heavy atom. The molecule has 0 amide bonds. The summed E-state index contributed by atoms with van der Waals surface area (Å²) in [6, 6.07) is 0.267. The molecule has 4 nitrogen and oxygen atoms in total. The first-order chi connectivity index (χ1) is 9.22. The summed E-state index contributed by atoms with van der Waals surface area (Å²) in [5.74, 6) is 0. The molecule has 6 heteroatoms. The van der Waals surface area contributed by atoms with E-state index in [4.69, 9.17) is 4.74 Å². The number of morpholine rings is 1. The highest BCUT2D eigenvalue weighted by Gasteiger charge is 2.27. The highest BCUT2D eigenvalue weighted by molar-refractivity contribution is 7.09. The average molecular weight is 295 g/mol. The molecule has 1 fully saturated rings. The highest BCUT2D eigenvalue weighted by Crippen LogP contribution is 2.27. The smallest absolute Gasteiger partial charge is 0.107 e. The van der Waals surface area contributed by atoms with Crippen LogP contribution in [0.4, 0.5) is 0 Å². The maximum absolute atomic E-state index is 5.62. The van der Waals surface area contributed by atoms with Crippen LogP contribution < -0.4 is 0 Å². The van der Waals surface area contributed by atoms with E-state index < -0.39 is 0 Å². The Labute approximate surface area is 121 Å². The van der Waals surface area contributed by atoms with Crippen LogP contribution in [0, 0.1) is 13.8 Å². The van der Waals surface area contributed by atoms with Crippen molar-refractivity contribution >= 4 is 22.7 Å². The molecule has 3 rings (SSSR count). The fourth-order valence-corrected chi connectivity index (χ4v) is 3.74. The summed E-state index contributed by atoms with van der Waals surface area (Å²) in [5, 5.41) is 6.55. The van der Waals surface area contributed by atoms with Gasteiger partial charge < -0.3 is 4.74 Å². The average Bonchev–Trinajstić information content (AvgIpc) is 2.99. The zero-order valence-corrected chi connectivity index (χ0v) is 12.8. The molecule has 1 atom stereocenters. The fraction of sp³-hybridized carbons (Fsp3) is 0.538. The number of aromatic nitrogens is 2. The Kier molecular flexibility index (Phi) is 3.93. The molecule has 0 bridgehead atoms. The van der Waals surface area contributed by atoms with E-state index in [0.29, 0.717) is 0 Å². The summed E-state index contributed by atoms with van der Waals surface area (Å²) in [6.07, 6.45) is 0. The predicted molar refractivity (Wildman–Crippen MR) is 77.7 cm³/mol. The third kappa shape index (κ3) is 3.02. The first-order valence-corrected chi connectivity index (χ1v) is 8.13. The van der Waals surface area contributed by atoms with Gasteiger partial charge in [-0.05, 0) is 13.8 Å². The van der Waals surface area contributed by atoms with Crippen LogP contribution in [0.1, 0.15) is 27.4 Å². The van der Waals surface area contributed by atoms with Gasteiger partial charge in [0.2, 0.25) is 0 Å². The second kappa shape index (κ2) is 5.66. The Hall–Kier alpha value is -0.820. The lowest BCUT2D eigenvalue weighted by Gasteiger charge is -2.33. The van der Waals surface area contributed by atoms with E-state index in [2.05, 4.69) is 25.6 Å². The highest BCUT2D eigenvalue weighted by atomic mass is 32.1. The van der Waals surface area contributed by atoms with E-state index in [1.807, 2.05) is 13.8 Å². The minimum Gasteiger partial charge on any atom is -0.378 e. The van der Waals surface area contributed by atoms with E-state index in [9.17, 15) is 0 Å². The first-order valence-electron chi connectivity index (χ1n) is 6.37. The summed E-state index contributed by atoms with van der Waals surface area (Å²) in [6.45, 7) is 7.45. The van der Waals surface area contributed by atoms with Gasteiger partial charge in [0.1, 0.15) is 5.01 Å². The van der Waals surface area contributed by atoms with Crippen molar-refractivity contribution in [3.63, 3.8) is 0 Å². The molecule has 0 aliphatic carbocycles. The summed E-state index contributed by atoms with van der Waals surface area (Å²) >= 11 is 3.44. The Morgan fingerprint density at radius 2 is 2.21 bits per heavy atom. The third-order valence-electron chi connectivity index (χ3n) is 3.22. The Morgan fingerprint density at radius 1 is 1.32 bits per heavy atom. The van der Waals surface area contributed by atoms with Gasteiger partial charge >= 0.3 is 0 Å². The van der Waals surface area contributed by atoms with Crippen molar-refractivity contribution < 1.29 is 4.74 Å². The van der Waals surface area contributed by atoms with Gasteiger partial charge in [0.05, 0.1) is 36.5 Å². The molecule has 0 N–H and O–H groups in total. The van der Waals surface area contributed by atoms with Crippen LogP contribution in [0.5, 0.6) is 0 Å². The second-order valence-corrected chi connectivity index (χ2v) is 6.74. The lowest BCUT2D eigenvalue weighted by Crippen LogP contribution is -2.39. The fourth-order valence-electron chi connectivity index (χ4n) is 2.28. The summed E-state index contributed by atoms with van der Waals surface area (Å²) in [7, 11) is 0. The normalized spacial score (nSPS) is 20.8. The molecule has 0 spiro atoms. The van der Waals surface area contributed by atoms with E-state index in [0.717, 1.165) is 42.7 Å². The van der Waals surface area contributed by atoms with Gasteiger partial charge in [0.25, 0.3) is 0 Å². The second-order valence-electron chi connectivity index (χ2n) is 4.74. The summed E-state index contributed by atoms with van der Waals surface area (Å²) < 4.78 is 5.62. The van der Waals surface area contributed by atoms with Crippen molar-refractivity contribution in [2.45, 2.75) is 26.4 Å². The van der Waals surface area contributed by atoms with Crippen molar-refractivity contribution in [3.8, 4) is 0 Å². The number of hydrogen-bond donors (Lipinski definition) is 0. The van der Waals surface area contributed by atoms with E-state index in [-0.39, 0.29) is 6.04 Å². The Balaban J connectivity index is 1.77. The minimum absolute atomic E-state index is 0.267. The summed E-state index contributed by atoms with van der Waals surface area (Å²) in [4.78, 5) is 11.6. The van der Waals surface area contributed by atoms with Crippen LogP contribution in [0.2, 0.25) is 0 Å². The molecular weight excluding hydrogens is 278 g/mol. The lowest BCUT2D eigenvalue weighted by atomic mass is 10.2. The van der Waals surface area contributed by atoms with Gasteiger partial charge in [0, 0.05) is 23.0 Å². The van der Waals surface area contributed by atoms with E-state index in [1.165, 1.54) is 5.01 Å². The first kappa shape index (κ1) is 13.2. The third-order valence-corrected chi connectivity index (χ3v) is 4.97. The maximum Gasteiger partial charge on any atom is 0.107 e.